The number of hydrogen-bond acceptors (Lipinski definition) is 5. The van der Waals surface area contributed by atoms with E-state index in [-0.39, 0.29) is 17.6 Å². The van der Waals surface area contributed by atoms with Crippen molar-refractivity contribution in [2.45, 2.75) is 13.0 Å². The van der Waals surface area contributed by atoms with Gasteiger partial charge in [0.05, 0.1) is 10.7 Å². The Kier molecular flexibility index (Phi) is 5.34. The van der Waals surface area contributed by atoms with E-state index in [1.807, 2.05) is 36.4 Å². The summed E-state index contributed by atoms with van der Waals surface area (Å²) in [5.74, 6) is -0.365. The fourth-order valence-corrected chi connectivity index (χ4v) is 2.72. The minimum atomic E-state index is -0.440. The van der Waals surface area contributed by atoms with E-state index in [9.17, 15) is 4.79 Å². The number of amides is 1. The molecule has 0 saturated heterocycles. The number of nitrogens with two attached hydrogens (primary N) is 1. The maximum Gasteiger partial charge on any atom is 0.278 e. The summed E-state index contributed by atoms with van der Waals surface area (Å²) in [6, 6.07) is 15.4. The average molecular weight is 368 g/mol. The van der Waals surface area contributed by atoms with Crippen molar-refractivity contribution < 1.29 is 4.79 Å². The first kappa shape index (κ1) is 17.7. The standard InChI is InChI=1S/C19H18ClN5O/c1-12(13-5-3-2-4-6-13)24-16-8-7-14(11-15(16)20)25-19(26)17-18(21)23-10-9-22-17/h2-12,24H,1H3,(H2,21,23)(H,25,26). The number of aromatic nitrogens is 2. The van der Waals surface area contributed by atoms with Crippen LogP contribution in [-0.2, 0) is 0 Å². The van der Waals surface area contributed by atoms with E-state index in [0.717, 1.165) is 11.3 Å². The topological polar surface area (TPSA) is 92.9 Å². The molecule has 4 N–H and O–H groups in total. The average Bonchev–Trinajstić information content (AvgIpc) is 2.65. The monoisotopic (exact) mass is 367 g/mol. The minimum Gasteiger partial charge on any atom is -0.382 e. The molecule has 0 aliphatic rings. The fraction of sp³-hybridized carbons (Fsp3) is 0.105. The van der Waals surface area contributed by atoms with Crippen LogP contribution in [0.3, 0.4) is 0 Å². The molecule has 7 heteroatoms. The van der Waals surface area contributed by atoms with E-state index in [1.54, 1.807) is 12.1 Å². The second-order valence-corrected chi connectivity index (χ2v) is 6.12. The summed E-state index contributed by atoms with van der Waals surface area (Å²) in [4.78, 5) is 20.0. The molecule has 2 aromatic carbocycles. The number of nitrogens with zero attached hydrogens (tertiary/aromatic N) is 2. The van der Waals surface area contributed by atoms with Crippen LogP contribution in [0.2, 0.25) is 5.02 Å². The van der Waals surface area contributed by atoms with Crippen LogP contribution in [0.1, 0.15) is 29.0 Å². The lowest BCUT2D eigenvalue weighted by atomic mass is 10.1. The minimum absolute atomic E-state index is 0.0727. The van der Waals surface area contributed by atoms with Crippen LogP contribution < -0.4 is 16.4 Å². The van der Waals surface area contributed by atoms with Crippen LogP contribution in [0.5, 0.6) is 0 Å². The zero-order chi connectivity index (χ0) is 18.5. The van der Waals surface area contributed by atoms with E-state index >= 15 is 0 Å². The lowest BCUT2D eigenvalue weighted by Crippen LogP contribution is -2.16. The second-order valence-electron chi connectivity index (χ2n) is 5.72. The molecule has 0 fully saturated rings. The van der Waals surface area contributed by atoms with Crippen LogP contribution in [0.4, 0.5) is 17.2 Å². The van der Waals surface area contributed by atoms with Crippen LogP contribution in [-0.4, -0.2) is 15.9 Å². The Morgan fingerprint density at radius 3 is 2.54 bits per heavy atom. The van der Waals surface area contributed by atoms with Gasteiger partial charge in [-0.15, -0.1) is 0 Å². The lowest BCUT2D eigenvalue weighted by Gasteiger charge is -2.17. The number of anilines is 3. The highest BCUT2D eigenvalue weighted by molar-refractivity contribution is 6.33. The van der Waals surface area contributed by atoms with Gasteiger partial charge in [0.15, 0.2) is 11.5 Å². The van der Waals surface area contributed by atoms with Crippen LogP contribution >= 0.6 is 11.6 Å². The molecule has 26 heavy (non-hydrogen) atoms. The molecule has 0 bridgehead atoms. The summed E-state index contributed by atoms with van der Waals surface area (Å²) in [6.45, 7) is 2.05. The normalized spacial score (nSPS) is 11.6. The van der Waals surface area contributed by atoms with Crippen molar-refractivity contribution in [3.05, 3.63) is 77.2 Å². The number of nitrogen functional groups attached to an aromatic ring is 1. The maximum atomic E-state index is 12.2. The predicted molar refractivity (Wildman–Crippen MR) is 104 cm³/mol. The van der Waals surface area contributed by atoms with Crippen molar-refractivity contribution in [1.29, 1.82) is 0 Å². The zero-order valence-corrected chi connectivity index (χ0v) is 14.9. The fourth-order valence-electron chi connectivity index (χ4n) is 2.48. The summed E-state index contributed by atoms with van der Waals surface area (Å²) in [7, 11) is 0. The molecular weight excluding hydrogens is 350 g/mol. The van der Waals surface area contributed by atoms with Crippen molar-refractivity contribution in [2.24, 2.45) is 0 Å². The highest BCUT2D eigenvalue weighted by atomic mass is 35.5. The number of hydrogen-bond donors (Lipinski definition) is 3. The summed E-state index contributed by atoms with van der Waals surface area (Å²) in [5, 5.41) is 6.58. The SMILES string of the molecule is CC(Nc1ccc(NC(=O)c2nccnc2N)cc1Cl)c1ccccc1. The van der Waals surface area contributed by atoms with Gasteiger partial charge in [-0.05, 0) is 30.7 Å². The number of rotatable bonds is 5. The molecule has 1 heterocycles. The smallest absolute Gasteiger partial charge is 0.278 e. The molecule has 1 amide bonds. The van der Waals surface area contributed by atoms with Crippen molar-refractivity contribution in [3.63, 3.8) is 0 Å². The third kappa shape index (κ3) is 4.10. The second kappa shape index (κ2) is 7.84. The highest BCUT2D eigenvalue weighted by Crippen LogP contribution is 2.29. The van der Waals surface area contributed by atoms with Crippen LogP contribution in [0.25, 0.3) is 0 Å². The molecule has 132 valence electrons. The van der Waals surface area contributed by atoms with Gasteiger partial charge in [-0.3, -0.25) is 4.79 Å². The predicted octanol–water partition coefficient (Wildman–Crippen LogP) is 4.14. The molecule has 3 rings (SSSR count). The molecule has 0 spiro atoms. The van der Waals surface area contributed by atoms with Crippen LogP contribution in [0, 0.1) is 0 Å². The Morgan fingerprint density at radius 2 is 1.85 bits per heavy atom. The third-order valence-corrected chi connectivity index (χ3v) is 4.15. The molecular formula is C19H18ClN5O. The zero-order valence-electron chi connectivity index (χ0n) is 14.1. The van der Waals surface area contributed by atoms with Gasteiger partial charge in [0, 0.05) is 24.1 Å². The molecule has 1 unspecified atom stereocenters. The summed E-state index contributed by atoms with van der Waals surface area (Å²) < 4.78 is 0. The highest BCUT2D eigenvalue weighted by Gasteiger charge is 2.13. The summed E-state index contributed by atoms with van der Waals surface area (Å²) in [6.07, 6.45) is 2.84. The summed E-state index contributed by atoms with van der Waals surface area (Å²) >= 11 is 6.36. The maximum absolute atomic E-state index is 12.2. The van der Waals surface area contributed by atoms with Gasteiger partial charge in [-0.25, -0.2) is 9.97 Å². The van der Waals surface area contributed by atoms with E-state index in [0.29, 0.717) is 10.7 Å². The van der Waals surface area contributed by atoms with Crippen molar-refractivity contribution in [2.75, 3.05) is 16.4 Å². The van der Waals surface area contributed by atoms with Gasteiger partial charge >= 0.3 is 0 Å². The Bertz CT molecular complexity index is 917. The molecule has 0 radical (unpaired) electrons. The Hall–Kier alpha value is -3.12. The van der Waals surface area contributed by atoms with Crippen molar-refractivity contribution in [3.8, 4) is 0 Å². The van der Waals surface area contributed by atoms with Crippen molar-refractivity contribution >= 4 is 34.7 Å². The third-order valence-electron chi connectivity index (χ3n) is 3.84. The quantitative estimate of drug-likeness (QED) is 0.630. The van der Waals surface area contributed by atoms with E-state index in [4.69, 9.17) is 17.3 Å². The van der Waals surface area contributed by atoms with Gasteiger partial charge < -0.3 is 16.4 Å². The molecule has 3 aromatic rings. The molecule has 0 saturated carbocycles. The molecule has 1 aromatic heterocycles. The number of carbonyl (C=O) groups excluding carboxylic acids is 1. The first-order valence-corrected chi connectivity index (χ1v) is 8.41. The van der Waals surface area contributed by atoms with E-state index < -0.39 is 5.91 Å². The largest absolute Gasteiger partial charge is 0.382 e. The van der Waals surface area contributed by atoms with Gasteiger partial charge in [0.25, 0.3) is 5.91 Å². The van der Waals surface area contributed by atoms with Crippen molar-refractivity contribution in [1.82, 2.24) is 9.97 Å². The Balaban J connectivity index is 1.71. The first-order valence-electron chi connectivity index (χ1n) is 8.03. The molecule has 1 atom stereocenters. The van der Waals surface area contributed by atoms with Gasteiger partial charge in [-0.2, -0.15) is 0 Å². The van der Waals surface area contributed by atoms with E-state index in [2.05, 4.69) is 27.5 Å². The number of nitrogens with one attached hydrogen (secondary N) is 2. The first-order chi connectivity index (χ1) is 12.5. The lowest BCUT2D eigenvalue weighted by molar-refractivity contribution is 0.102. The Morgan fingerprint density at radius 1 is 1.12 bits per heavy atom. The van der Waals surface area contributed by atoms with E-state index in [1.165, 1.54) is 12.4 Å². The van der Waals surface area contributed by atoms with Gasteiger partial charge in [-0.1, -0.05) is 41.9 Å². The Labute approximate surface area is 156 Å². The van der Waals surface area contributed by atoms with Crippen LogP contribution in [0.15, 0.2) is 60.9 Å². The molecule has 0 aliphatic carbocycles. The number of halogens is 1. The molecule has 0 aliphatic heterocycles. The number of benzene rings is 2. The molecule has 6 nitrogen and oxygen atoms in total. The van der Waals surface area contributed by atoms with Gasteiger partial charge in [0.2, 0.25) is 0 Å². The van der Waals surface area contributed by atoms with Gasteiger partial charge in [0.1, 0.15) is 0 Å². The number of carbonyl (C=O) groups is 1. The summed E-state index contributed by atoms with van der Waals surface area (Å²) in [5.41, 5.74) is 8.22.